The van der Waals surface area contributed by atoms with Crippen molar-refractivity contribution >= 4 is 5.69 Å². The molecule has 0 aliphatic rings. The first-order valence-corrected chi connectivity index (χ1v) is 4.86. The molecule has 0 aliphatic carbocycles. The van der Waals surface area contributed by atoms with Crippen LogP contribution >= 0.6 is 0 Å². The highest BCUT2D eigenvalue weighted by Gasteiger charge is 2.33. The number of nitrogens with two attached hydrogens (primary N) is 1. The largest absolute Gasteiger partial charge is 0.417 e. The summed E-state index contributed by atoms with van der Waals surface area (Å²) in [6.45, 7) is 0. The van der Waals surface area contributed by atoms with Crippen molar-refractivity contribution in [1.29, 1.82) is 0 Å². The number of halogens is 3. The number of nitrogens with zero attached hydrogens (tertiary/aromatic N) is 1. The average Bonchev–Trinajstić information content (AvgIpc) is 2.28. The van der Waals surface area contributed by atoms with Crippen LogP contribution in [0.2, 0.25) is 0 Å². The van der Waals surface area contributed by atoms with Crippen molar-refractivity contribution < 1.29 is 13.2 Å². The zero-order valence-corrected chi connectivity index (χ0v) is 8.70. The Kier molecular flexibility index (Phi) is 2.75. The van der Waals surface area contributed by atoms with E-state index in [4.69, 9.17) is 5.73 Å². The van der Waals surface area contributed by atoms with Gasteiger partial charge in [0.15, 0.2) is 0 Å². The molecule has 0 spiro atoms. The van der Waals surface area contributed by atoms with Gasteiger partial charge in [-0.3, -0.25) is 4.98 Å². The molecule has 2 N–H and O–H groups in total. The van der Waals surface area contributed by atoms with Gasteiger partial charge in [0.2, 0.25) is 0 Å². The van der Waals surface area contributed by atoms with Crippen molar-refractivity contribution in [2.45, 2.75) is 6.18 Å². The number of hydrogen-bond donors (Lipinski definition) is 1. The maximum Gasteiger partial charge on any atom is 0.417 e. The molecule has 0 fully saturated rings. The molecule has 1 aromatic carbocycles. The fourth-order valence-corrected chi connectivity index (χ4v) is 1.54. The maximum absolute atomic E-state index is 12.8. The number of alkyl halides is 3. The third-order valence-electron chi connectivity index (χ3n) is 2.29. The first kappa shape index (κ1) is 11.4. The quantitative estimate of drug-likeness (QED) is 0.774. The van der Waals surface area contributed by atoms with E-state index in [2.05, 4.69) is 4.98 Å². The Hall–Kier alpha value is -2.04. The van der Waals surface area contributed by atoms with E-state index < -0.39 is 11.7 Å². The van der Waals surface area contributed by atoms with Crippen molar-refractivity contribution in [3.63, 3.8) is 0 Å². The summed E-state index contributed by atoms with van der Waals surface area (Å²) in [5.41, 5.74) is 5.31. The third-order valence-corrected chi connectivity index (χ3v) is 2.29. The van der Waals surface area contributed by atoms with Gasteiger partial charge in [0.05, 0.1) is 11.3 Å². The smallest absolute Gasteiger partial charge is 0.399 e. The molecular formula is C12H9F3N2. The fourth-order valence-electron chi connectivity index (χ4n) is 1.54. The minimum absolute atomic E-state index is 0.00176. The SMILES string of the molecule is Nc1ccc(C(F)(F)F)c(-c2ccccn2)c1. The number of nitrogen functional groups attached to an aromatic ring is 1. The van der Waals surface area contributed by atoms with Crippen LogP contribution in [0, 0.1) is 0 Å². The summed E-state index contributed by atoms with van der Waals surface area (Å²) in [6, 6.07) is 8.28. The summed E-state index contributed by atoms with van der Waals surface area (Å²) in [5.74, 6) is 0. The molecule has 1 heterocycles. The zero-order chi connectivity index (χ0) is 12.5. The van der Waals surface area contributed by atoms with E-state index in [0.717, 1.165) is 6.07 Å². The van der Waals surface area contributed by atoms with Gasteiger partial charge >= 0.3 is 6.18 Å². The molecule has 2 nitrogen and oxygen atoms in total. The monoisotopic (exact) mass is 238 g/mol. The average molecular weight is 238 g/mol. The number of hydrogen-bond acceptors (Lipinski definition) is 2. The Morgan fingerprint density at radius 3 is 2.41 bits per heavy atom. The zero-order valence-electron chi connectivity index (χ0n) is 8.70. The predicted octanol–water partition coefficient (Wildman–Crippen LogP) is 3.35. The van der Waals surface area contributed by atoms with Crippen LogP contribution < -0.4 is 5.73 Å². The molecule has 0 bridgehead atoms. The molecule has 2 rings (SSSR count). The molecule has 0 saturated heterocycles. The van der Waals surface area contributed by atoms with Crippen LogP contribution in [-0.4, -0.2) is 4.98 Å². The van der Waals surface area contributed by atoms with Gasteiger partial charge in [0.25, 0.3) is 0 Å². The van der Waals surface area contributed by atoms with Gasteiger partial charge in [-0.2, -0.15) is 13.2 Å². The lowest BCUT2D eigenvalue weighted by Gasteiger charge is -2.12. The third kappa shape index (κ3) is 2.38. The van der Waals surface area contributed by atoms with Gasteiger partial charge in [0, 0.05) is 17.4 Å². The Morgan fingerprint density at radius 2 is 1.82 bits per heavy atom. The van der Waals surface area contributed by atoms with Crippen LogP contribution in [-0.2, 0) is 6.18 Å². The molecule has 2 aromatic rings. The molecule has 1 aromatic heterocycles. The number of rotatable bonds is 1. The van der Waals surface area contributed by atoms with Crippen LogP contribution in [0.4, 0.5) is 18.9 Å². The first-order chi connectivity index (χ1) is 7.98. The van der Waals surface area contributed by atoms with Gasteiger partial charge < -0.3 is 5.73 Å². The lowest BCUT2D eigenvalue weighted by Crippen LogP contribution is -2.08. The molecule has 0 atom stereocenters. The highest BCUT2D eigenvalue weighted by Crippen LogP contribution is 2.37. The van der Waals surface area contributed by atoms with Crippen LogP contribution in [0.15, 0.2) is 42.6 Å². The maximum atomic E-state index is 12.8. The summed E-state index contributed by atoms with van der Waals surface area (Å²) < 4.78 is 38.4. The highest BCUT2D eigenvalue weighted by atomic mass is 19.4. The Labute approximate surface area is 95.9 Å². The standard InChI is InChI=1S/C12H9F3N2/c13-12(14,15)10-5-4-8(16)7-9(10)11-3-1-2-6-17-11/h1-7H,16H2. The highest BCUT2D eigenvalue weighted by molar-refractivity contribution is 5.68. The van der Waals surface area contributed by atoms with Crippen molar-refractivity contribution in [1.82, 2.24) is 4.98 Å². The second kappa shape index (κ2) is 4.08. The minimum atomic E-state index is -4.42. The van der Waals surface area contributed by atoms with E-state index >= 15 is 0 Å². The van der Waals surface area contributed by atoms with Crippen LogP contribution in [0.5, 0.6) is 0 Å². The molecule has 0 aliphatic heterocycles. The molecular weight excluding hydrogens is 229 g/mol. The lowest BCUT2D eigenvalue weighted by molar-refractivity contribution is -0.137. The summed E-state index contributed by atoms with van der Waals surface area (Å²) >= 11 is 0. The molecule has 17 heavy (non-hydrogen) atoms. The summed E-state index contributed by atoms with van der Waals surface area (Å²) in [5, 5.41) is 0. The van der Waals surface area contributed by atoms with E-state index in [1.807, 2.05) is 0 Å². The molecule has 0 unspecified atom stereocenters. The molecule has 5 heteroatoms. The van der Waals surface area contributed by atoms with E-state index in [-0.39, 0.29) is 16.9 Å². The molecule has 88 valence electrons. The minimum Gasteiger partial charge on any atom is -0.399 e. The summed E-state index contributed by atoms with van der Waals surface area (Å²) in [7, 11) is 0. The Balaban J connectivity index is 2.64. The van der Waals surface area contributed by atoms with E-state index in [0.29, 0.717) is 0 Å². The Bertz CT molecular complexity index is 521. The van der Waals surface area contributed by atoms with Gasteiger partial charge in [-0.15, -0.1) is 0 Å². The van der Waals surface area contributed by atoms with E-state index in [1.165, 1.54) is 24.4 Å². The molecule has 0 saturated carbocycles. The second-order valence-electron chi connectivity index (χ2n) is 3.52. The molecule has 0 radical (unpaired) electrons. The van der Waals surface area contributed by atoms with E-state index in [9.17, 15) is 13.2 Å². The van der Waals surface area contributed by atoms with E-state index in [1.54, 1.807) is 12.1 Å². The van der Waals surface area contributed by atoms with Crippen LogP contribution in [0.25, 0.3) is 11.3 Å². The van der Waals surface area contributed by atoms with Crippen molar-refractivity contribution in [3.05, 3.63) is 48.2 Å². The lowest BCUT2D eigenvalue weighted by atomic mass is 10.0. The number of benzene rings is 1. The van der Waals surface area contributed by atoms with Crippen molar-refractivity contribution in [2.24, 2.45) is 0 Å². The van der Waals surface area contributed by atoms with Crippen molar-refractivity contribution in [3.8, 4) is 11.3 Å². The predicted molar refractivity (Wildman–Crippen MR) is 59.1 cm³/mol. The van der Waals surface area contributed by atoms with Gasteiger partial charge in [-0.1, -0.05) is 6.07 Å². The van der Waals surface area contributed by atoms with Crippen molar-refractivity contribution in [2.75, 3.05) is 5.73 Å². The Morgan fingerprint density at radius 1 is 1.06 bits per heavy atom. The second-order valence-corrected chi connectivity index (χ2v) is 3.52. The number of anilines is 1. The fraction of sp³-hybridized carbons (Fsp3) is 0.0833. The normalized spacial score (nSPS) is 11.5. The van der Waals surface area contributed by atoms with Crippen LogP contribution in [0.3, 0.4) is 0 Å². The molecule has 0 amide bonds. The number of pyridine rings is 1. The first-order valence-electron chi connectivity index (χ1n) is 4.86. The van der Waals surface area contributed by atoms with Crippen LogP contribution in [0.1, 0.15) is 5.56 Å². The number of aromatic nitrogens is 1. The topological polar surface area (TPSA) is 38.9 Å². The van der Waals surface area contributed by atoms with Gasteiger partial charge in [0.1, 0.15) is 0 Å². The summed E-state index contributed by atoms with van der Waals surface area (Å²) in [6.07, 6.45) is -2.97. The summed E-state index contributed by atoms with van der Waals surface area (Å²) in [4.78, 5) is 3.91. The van der Waals surface area contributed by atoms with Gasteiger partial charge in [-0.05, 0) is 30.3 Å². The van der Waals surface area contributed by atoms with Gasteiger partial charge in [-0.25, -0.2) is 0 Å².